The standard InChI is InChI=1S/C25H21N3O2S2/c1-25(2)11-16-17(12-30-25)20(18-9-6-10-29-18)28-23-19(16)21-22(32-23)24(27-14-26-21)31-13-15-7-4-3-5-8-15/h3-10,14H,11-13H2,1-2H3. The van der Waals surface area contributed by atoms with Crippen molar-refractivity contribution in [2.75, 3.05) is 0 Å². The average molecular weight is 460 g/mol. The highest BCUT2D eigenvalue weighted by molar-refractivity contribution is 7.98. The maximum Gasteiger partial charge on any atom is 0.152 e. The summed E-state index contributed by atoms with van der Waals surface area (Å²) in [5, 5.41) is 2.14. The van der Waals surface area contributed by atoms with Gasteiger partial charge in [0.05, 0.1) is 28.7 Å². The number of ether oxygens (including phenoxy) is 1. The number of rotatable bonds is 4. The van der Waals surface area contributed by atoms with E-state index in [0.717, 1.165) is 54.7 Å². The molecule has 0 radical (unpaired) electrons. The van der Waals surface area contributed by atoms with Crippen molar-refractivity contribution in [2.45, 2.75) is 43.3 Å². The van der Waals surface area contributed by atoms with Crippen LogP contribution in [0.3, 0.4) is 0 Å². The number of thioether (sulfide) groups is 1. The van der Waals surface area contributed by atoms with E-state index < -0.39 is 0 Å². The molecule has 0 bridgehead atoms. The zero-order valence-corrected chi connectivity index (χ0v) is 19.4. The van der Waals surface area contributed by atoms with Gasteiger partial charge in [0.1, 0.15) is 21.9 Å². The number of aromatic nitrogens is 3. The second kappa shape index (κ2) is 7.69. The van der Waals surface area contributed by atoms with E-state index in [1.54, 1.807) is 35.7 Å². The van der Waals surface area contributed by atoms with E-state index in [2.05, 4.69) is 43.1 Å². The van der Waals surface area contributed by atoms with Gasteiger partial charge >= 0.3 is 0 Å². The molecule has 1 aliphatic heterocycles. The van der Waals surface area contributed by atoms with Crippen molar-refractivity contribution in [2.24, 2.45) is 0 Å². The molecule has 0 saturated carbocycles. The molecule has 5 aromatic rings. The smallest absolute Gasteiger partial charge is 0.152 e. The van der Waals surface area contributed by atoms with Crippen LogP contribution in [0.15, 0.2) is 64.5 Å². The van der Waals surface area contributed by atoms with Gasteiger partial charge in [-0.25, -0.2) is 15.0 Å². The van der Waals surface area contributed by atoms with Crippen LogP contribution in [0, 0.1) is 0 Å². The lowest BCUT2D eigenvalue weighted by Gasteiger charge is -2.32. The number of hydrogen-bond acceptors (Lipinski definition) is 7. The van der Waals surface area contributed by atoms with E-state index in [1.807, 2.05) is 18.2 Å². The highest BCUT2D eigenvalue weighted by Gasteiger charge is 2.32. The van der Waals surface area contributed by atoms with Crippen molar-refractivity contribution in [3.05, 3.63) is 71.7 Å². The molecular weight excluding hydrogens is 438 g/mol. The van der Waals surface area contributed by atoms with Gasteiger partial charge in [-0.05, 0) is 37.1 Å². The van der Waals surface area contributed by atoms with E-state index in [1.165, 1.54) is 11.1 Å². The number of furan rings is 1. The number of hydrogen-bond donors (Lipinski definition) is 0. The number of benzene rings is 1. The van der Waals surface area contributed by atoms with Gasteiger partial charge in [0.2, 0.25) is 0 Å². The van der Waals surface area contributed by atoms with Crippen LogP contribution < -0.4 is 0 Å². The first kappa shape index (κ1) is 19.9. The van der Waals surface area contributed by atoms with Gasteiger partial charge < -0.3 is 9.15 Å². The van der Waals surface area contributed by atoms with Crippen molar-refractivity contribution < 1.29 is 9.15 Å². The van der Waals surface area contributed by atoms with Crippen LogP contribution in [0.1, 0.15) is 30.5 Å². The summed E-state index contributed by atoms with van der Waals surface area (Å²) in [6.45, 7) is 4.79. The van der Waals surface area contributed by atoms with Gasteiger partial charge in [0, 0.05) is 23.1 Å². The van der Waals surface area contributed by atoms with E-state index in [4.69, 9.17) is 19.1 Å². The minimum Gasteiger partial charge on any atom is -0.463 e. The van der Waals surface area contributed by atoms with Crippen LogP contribution in [0.5, 0.6) is 0 Å². The largest absolute Gasteiger partial charge is 0.463 e. The van der Waals surface area contributed by atoms with Crippen molar-refractivity contribution >= 4 is 43.5 Å². The lowest BCUT2D eigenvalue weighted by molar-refractivity contribution is -0.0395. The predicted molar refractivity (Wildman–Crippen MR) is 129 cm³/mol. The molecular formula is C25H21N3O2S2. The molecule has 0 saturated heterocycles. The summed E-state index contributed by atoms with van der Waals surface area (Å²) in [6, 6.07) is 14.3. The quantitative estimate of drug-likeness (QED) is 0.222. The van der Waals surface area contributed by atoms with Crippen molar-refractivity contribution in [3.63, 3.8) is 0 Å². The SMILES string of the molecule is CC1(C)Cc2c(c(-c3ccco3)nc3sc4c(SCc5ccccc5)ncnc4c23)CO1. The molecule has 6 rings (SSSR count). The first-order valence-corrected chi connectivity index (χ1v) is 12.3. The zero-order valence-electron chi connectivity index (χ0n) is 17.8. The minimum atomic E-state index is -0.242. The summed E-state index contributed by atoms with van der Waals surface area (Å²) in [7, 11) is 0. The van der Waals surface area contributed by atoms with Crippen LogP contribution >= 0.6 is 23.1 Å². The molecule has 0 aliphatic carbocycles. The summed E-state index contributed by atoms with van der Waals surface area (Å²) < 4.78 is 13.0. The van der Waals surface area contributed by atoms with Crippen LogP contribution in [0.4, 0.5) is 0 Å². The Bertz CT molecular complexity index is 1430. The van der Waals surface area contributed by atoms with Gasteiger partial charge in [0.25, 0.3) is 0 Å². The van der Waals surface area contributed by atoms with Gasteiger partial charge in [-0.3, -0.25) is 0 Å². The maximum atomic E-state index is 6.16. The fraction of sp³-hybridized carbons (Fsp3) is 0.240. The van der Waals surface area contributed by atoms with Gasteiger partial charge in [0.15, 0.2) is 5.76 Å². The fourth-order valence-corrected chi connectivity index (χ4v) is 6.42. The minimum absolute atomic E-state index is 0.242. The van der Waals surface area contributed by atoms with E-state index >= 15 is 0 Å². The number of pyridine rings is 1. The third-order valence-electron chi connectivity index (χ3n) is 5.77. The molecule has 32 heavy (non-hydrogen) atoms. The molecule has 0 atom stereocenters. The van der Waals surface area contributed by atoms with E-state index in [9.17, 15) is 0 Å². The Labute approximate surface area is 193 Å². The molecule has 5 heterocycles. The van der Waals surface area contributed by atoms with Crippen molar-refractivity contribution in [3.8, 4) is 11.5 Å². The first-order chi connectivity index (χ1) is 15.6. The Balaban J connectivity index is 1.54. The van der Waals surface area contributed by atoms with Crippen LogP contribution in [0.2, 0.25) is 0 Å². The van der Waals surface area contributed by atoms with Crippen LogP contribution in [0.25, 0.3) is 31.9 Å². The van der Waals surface area contributed by atoms with Gasteiger partial charge in [-0.15, -0.1) is 23.1 Å². The Morgan fingerprint density at radius 2 is 1.94 bits per heavy atom. The Morgan fingerprint density at radius 1 is 1.06 bits per heavy atom. The van der Waals surface area contributed by atoms with Crippen LogP contribution in [-0.4, -0.2) is 20.6 Å². The number of thiophene rings is 1. The van der Waals surface area contributed by atoms with Crippen LogP contribution in [-0.2, 0) is 23.5 Å². The molecule has 0 amide bonds. The zero-order chi connectivity index (χ0) is 21.7. The van der Waals surface area contributed by atoms with E-state index in [-0.39, 0.29) is 5.60 Å². The molecule has 0 fully saturated rings. The molecule has 7 heteroatoms. The summed E-state index contributed by atoms with van der Waals surface area (Å²) in [5.74, 6) is 1.64. The number of fused-ring (bicyclic) bond motifs is 5. The predicted octanol–water partition coefficient (Wildman–Crippen LogP) is 6.64. The fourth-order valence-electron chi connectivity index (χ4n) is 4.23. The average Bonchev–Trinajstić information content (AvgIpc) is 3.45. The monoisotopic (exact) mass is 459 g/mol. The lowest BCUT2D eigenvalue weighted by Crippen LogP contribution is -2.32. The van der Waals surface area contributed by atoms with Crippen molar-refractivity contribution in [1.29, 1.82) is 0 Å². The van der Waals surface area contributed by atoms with E-state index in [0.29, 0.717) is 6.61 Å². The first-order valence-electron chi connectivity index (χ1n) is 10.5. The second-order valence-corrected chi connectivity index (χ2v) is 10.5. The molecule has 1 aromatic carbocycles. The van der Waals surface area contributed by atoms with Crippen molar-refractivity contribution in [1.82, 2.24) is 15.0 Å². The third-order valence-corrected chi connectivity index (χ3v) is 8.04. The Morgan fingerprint density at radius 3 is 2.75 bits per heavy atom. The molecule has 160 valence electrons. The molecule has 4 aromatic heterocycles. The topological polar surface area (TPSA) is 61.0 Å². The molecule has 0 spiro atoms. The molecule has 0 unspecified atom stereocenters. The van der Waals surface area contributed by atoms with Gasteiger partial charge in [-0.2, -0.15) is 0 Å². The molecule has 0 N–H and O–H groups in total. The molecule has 1 aliphatic rings. The summed E-state index contributed by atoms with van der Waals surface area (Å²) in [6.07, 6.45) is 4.17. The highest BCUT2D eigenvalue weighted by atomic mass is 32.2. The Hall–Kier alpha value is -2.74. The highest BCUT2D eigenvalue weighted by Crippen LogP contribution is 2.44. The summed E-state index contributed by atoms with van der Waals surface area (Å²) in [5.41, 5.74) is 5.26. The maximum absolute atomic E-state index is 6.16. The summed E-state index contributed by atoms with van der Waals surface area (Å²) in [4.78, 5) is 15.4. The second-order valence-electron chi connectivity index (χ2n) is 8.53. The lowest BCUT2D eigenvalue weighted by atomic mass is 9.89. The Kier molecular flexibility index (Phi) is 4.78. The molecule has 5 nitrogen and oxygen atoms in total. The summed E-state index contributed by atoms with van der Waals surface area (Å²) >= 11 is 3.41. The third kappa shape index (κ3) is 3.41. The normalized spacial score (nSPS) is 15.3. The van der Waals surface area contributed by atoms with Gasteiger partial charge in [-0.1, -0.05) is 30.3 Å². The number of nitrogens with zero attached hydrogens (tertiary/aromatic N) is 3.